The summed E-state index contributed by atoms with van der Waals surface area (Å²) in [6, 6.07) is 0. The molecule has 0 aromatic rings. The van der Waals surface area contributed by atoms with E-state index >= 15 is 0 Å². The van der Waals surface area contributed by atoms with Crippen molar-refractivity contribution in [1.29, 1.82) is 0 Å². The Balaban J connectivity index is 0. The second kappa shape index (κ2) is 34.0. The molecule has 0 aliphatic heterocycles. The summed E-state index contributed by atoms with van der Waals surface area (Å²) in [6.07, 6.45) is 35.9. The first kappa shape index (κ1) is 40.9. The van der Waals surface area contributed by atoms with E-state index in [-0.39, 0.29) is 18.6 Å². The summed E-state index contributed by atoms with van der Waals surface area (Å²) in [5, 5.41) is 0. The van der Waals surface area contributed by atoms with E-state index in [0.29, 0.717) is 19.4 Å². The molecule has 0 aliphatic carbocycles. The van der Waals surface area contributed by atoms with Crippen LogP contribution in [-0.2, 0) is 14.3 Å². The third-order valence-corrected chi connectivity index (χ3v) is 9.10. The smallest absolute Gasteiger partial charge is 0.267 e. The summed E-state index contributed by atoms with van der Waals surface area (Å²) in [6.45, 7) is 2.43. The Morgan fingerprint density at radius 3 is 1.05 bits per heavy atom. The highest BCUT2D eigenvalue weighted by Crippen LogP contribution is 2.15. The molecule has 0 amide bonds. The lowest BCUT2D eigenvalue weighted by atomic mass is 10.0. The molecule has 0 saturated carbocycles. The lowest BCUT2D eigenvalue weighted by molar-refractivity contribution is 0.305. The summed E-state index contributed by atoms with van der Waals surface area (Å²) >= 11 is 0. The topological polar surface area (TPSA) is 78.4 Å². The van der Waals surface area contributed by atoms with Crippen LogP contribution in [0.25, 0.3) is 0 Å². The molecule has 238 valence electrons. The molecular weight excluding hydrogens is 509 g/mol. The highest BCUT2D eigenvalue weighted by molar-refractivity contribution is 7.86. The fourth-order valence-electron chi connectivity index (χ4n) is 5.21. The third-order valence-electron chi connectivity index (χ3n) is 7.79. The fourth-order valence-corrected chi connectivity index (χ4v) is 6.26. The molecule has 0 rings (SSSR count). The largest absolute Gasteiger partial charge is 0.344 e. The summed E-state index contributed by atoms with van der Waals surface area (Å²) in [7, 11) is -3.35. The van der Waals surface area contributed by atoms with Crippen LogP contribution in [0.3, 0.4) is 0 Å². The average Bonchev–Trinajstić information content (AvgIpc) is 2.90. The Labute approximate surface area is 245 Å². The van der Waals surface area contributed by atoms with Gasteiger partial charge in [0.15, 0.2) is 0 Å². The van der Waals surface area contributed by atoms with Gasteiger partial charge in [0.05, 0.1) is 19.0 Å². The van der Waals surface area contributed by atoms with Crippen LogP contribution >= 0.6 is 0 Å². The Hall–Kier alpha value is -0.200. The highest BCUT2D eigenvalue weighted by Gasteiger charge is 2.10. The Morgan fingerprint density at radius 1 is 0.436 bits per heavy atom. The normalized spacial score (nSPS) is 11.6. The monoisotopic (exact) mass is 580 g/mol. The van der Waals surface area contributed by atoms with Crippen molar-refractivity contribution in [2.24, 2.45) is 0 Å². The van der Waals surface area contributed by atoms with Gasteiger partial charge in [-0.15, -0.1) is 0 Å². The lowest BCUT2D eigenvalue weighted by Gasteiger charge is -2.06. The second-order valence-electron chi connectivity index (χ2n) is 11.7. The molecule has 0 radical (unpaired) electrons. The van der Waals surface area contributed by atoms with E-state index in [1.807, 2.05) is 0 Å². The van der Waals surface area contributed by atoms with Gasteiger partial charge in [-0.1, -0.05) is 174 Å². The van der Waals surface area contributed by atoms with Gasteiger partial charge < -0.3 is 6.15 Å². The minimum atomic E-state index is -3.35. The molecule has 3 N–H and O–H groups in total. The quantitative estimate of drug-likeness (QED) is 0.0619. The van der Waals surface area contributed by atoms with Gasteiger partial charge in [-0.05, 0) is 19.3 Å². The molecule has 0 fully saturated rings. The first-order chi connectivity index (χ1) is 18.6. The zero-order valence-corrected chi connectivity index (χ0v) is 27.2. The van der Waals surface area contributed by atoms with Gasteiger partial charge in [-0.3, -0.25) is 8.57 Å². The number of unbranched alkanes of at least 4 members (excludes halogenated alkanes) is 27. The van der Waals surface area contributed by atoms with Crippen molar-refractivity contribution >= 4 is 10.1 Å². The maximum absolute atomic E-state index is 12.0. The standard InChI is InChI=1S/C33H67FO3S.H3N/c1-2-3-4-5-6-7-8-9-10-11-12-13-14-15-16-17-20-23-26-29-32-37-38(35,36)33-30-27-24-21-18-19-22-25-28-31-34;/h2-33H2,1H3;1H3. The van der Waals surface area contributed by atoms with Gasteiger partial charge in [-0.2, -0.15) is 8.42 Å². The second-order valence-corrected chi connectivity index (χ2v) is 13.4. The van der Waals surface area contributed by atoms with E-state index in [4.69, 9.17) is 4.18 Å². The molecular formula is C33H70FNO3S. The fraction of sp³-hybridized carbons (Fsp3) is 1.00. The van der Waals surface area contributed by atoms with E-state index in [1.54, 1.807) is 0 Å². The summed E-state index contributed by atoms with van der Waals surface area (Å²) < 4.78 is 41.2. The van der Waals surface area contributed by atoms with Crippen molar-refractivity contribution < 1.29 is 17.0 Å². The van der Waals surface area contributed by atoms with Gasteiger partial charge in [0.2, 0.25) is 0 Å². The Bertz CT molecular complexity index is 545. The van der Waals surface area contributed by atoms with E-state index in [9.17, 15) is 12.8 Å². The molecule has 0 atom stereocenters. The average molecular weight is 580 g/mol. The molecule has 0 unspecified atom stereocenters. The highest BCUT2D eigenvalue weighted by atomic mass is 32.2. The SMILES string of the molecule is CCCCCCCCCCCCCCCCCCCCCCOS(=O)(=O)CCCCCCCCCCCF.N. The number of hydrogen-bond donors (Lipinski definition) is 1. The van der Waals surface area contributed by atoms with Crippen molar-refractivity contribution in [2.45, 2.75) is 193 Å². The molecule has 39 heavy (non-hydrogen) atoms. The van der Waals surface area contributed by atoms with Gasteiger partial charge in [0, 0.05) is 0 Å². The maximum Gasteiger partial charge on any atom is 0.267 e. The summed E-state index contributed by atoms with van der Waals surface area (Å²) in [5.41, 5.74) is 0. The van der Waals surface area contributed by atoms with Crippen LogP contribution in [-0.4, -0.2) is 27.5 Å². The molecule has 4 nitrogen and oxygen atoms in total. The van der Waals surface area contributed by atoms with E-state index < -0.39 is 10.1 Å². The maximum atomic E-state index is 12.0. The van der Waals surface area contributed by atoms with Crippen molar-refractivity contribution in [2.75, 3.05) is 19.0 Å². The molecule has 0 heterocycles. The van der Waals surface area contributed by atoms with Crippen LogP contribution in [0.2, 0.25) is 0 Å². The van der Waals surface area contributed by atoms with Crippen LogP contribution in [0.1, 0.15) is 193 Å². The van der Waals surface area contributed by atoms with Crippen LogP contribution in [0.15, 0.2) is 0 Å². The zero-order valence-electron chi connectivity index (χ0n) is 26.3. The molecule has 0 aromatic heterocycles. The zero-order chi connectivity index (χ0) is 27.8. The van der Waals surface area contributed by atoms with Crippen molar-refractivity contribution in [3.05, 3.63) is 0 Å². The number of rotatable bonds is 33. The minimum Gasteiger partial charge on any atom is -0.344 e. The van der Waals surface area contributed by atoms with Crippen molar-refractivity contribution in [1.82, 2.24) is 6.15 Å². The number of hydrogen-bond acceptors (Lipinski definition) is 4. The summed E-state index contributed by atoms with van der Waals surface area (Å²) in [4.78, 5) is 0. The Kier molecular flexibility index (Phi) is 35.7. The van der Waals surface area contributed by atoms with Crippen LogP contribution < -0.4 is 6.15 Å². The number of halogens is 1. The predicted octanol–water partition coefficient (Wildman–Crippen LogP) is 11.8. The molecule has 0 aliphatic rings. The molecule has 6 heteroatoms. The molecule has 0 aromatic carbocycles. The predicted molar refractivity (Wildman–Crippen MR) is 170 cm³/mol. The van der Waals surface area contributed by atoms with E-state index in [2.05, 4.69) is 6.92 Å². The molecule has 0 spiro atoms. The van der Waals surface area contributed by atoms with Crippen molar-refractivity contribution in [3.63, 3.8) is 0 Å². The van der Waals surface area contributed by atoms with Gasteiger partial charge in [-0.25, -0.2) is 0 Å². The Morgan fingerprint density at radius 2 is 0.718 bits per heavy atom. The number of alkyl halides is 1. The molecule has 0 bridgehead atoms. The van der Waals surface area contributed by atoms with Gasteiger partial charge in [0.1, 0.15) is 0 Å². The van der Waals surface area contributed by atoms with Gasteiger partial charge in [0.25, 0.3) is 10.1 Å². The lowest BCUT2D eigenvalue weighted by Crippen LogP contribution is -2.11. The molecule has 0 saturated heterocycles. The van der Waals surface area contributed by atoms with E-state index in [0.717, 1.165) is 44.9 Å². The minimum absolute atomic E-state index is 0. The first-order valence-electron chi connectivity index (χ1n) is 17.1. The van der Waals surface area contributed by atoms with Crippen LogP contribution in [0.4, 0.5) is 4.39 Å². The third kappa shape index (κ3) is 35.8. The first-order valence-corrected chi connectivity index (χ1v) is 18.6. The summed E-state index contributed by atoms with van der Waals surface area (Å²) in [5.74, 6) is 0.155. The van der Waals surface area contributed by atoms with E-state index in [1.165, 1.54) is 128 Å². The van der Waals surface area contributed by atoms with Crippen LogP contribution in [0.5, 0.6) is 0 Å². The van der Waals surface area contributed by atoms with Crippen molar-refractivity contribution in [3.8, 4) is 0 Å². The van der Waals surface area contributed by atoms with Crippen LogP contribution in [0, 0.1) is 0 Å². The van der Waals surface area contributed by atoms with Gasteiger partial charge >= 0.3 is 0 Å².